The molecule has 0 radical (unpaired) electrons. The number of rotatable bonds is 4. The summed E-state index contributed by atoms with van der Waals surface area (Å²) in [6.07, 6.45) is 2.05. The molecule has 5 rings (SSSR count). The molecule has 2 atom stereocenters. The van der Waals surface area contributed by atoms with Crippen molar-refractivity contribution in [3.63, 3.8) is 0 Å². The lowest BCUT2D eigenvalue weighted by Crippen LogP contribution is -2.44. The fourth-order valence-corrected chi connectivity index (χ4v) is 5.30. The van der Waals surface area contributed by atoms with Crippen molar-refractivity contribution in [1.29, 1.82) is 0 Å². The molecule has 1 aliphatic carbocycles. The summed E-state index contributed by atoms with van der Waals surface area (Å²) in [5, 5.41) is 6.44. The summed E-state index contributed by atoms with van der Waals surface area (Å²) in [4.78, 5) is 28.5. The number of benzene rings is 1. The standard InChI is InChI=1S/C21H15Cl2N3O3S/c22-16-18-15(30-19(16)23)9-13(24-18)20(27)25-12-8-10-4-1-2-5-11(10)17(12)26-21(28)14-6-3-7-29-14/h1-7,9,12,17,24H,8H2,(H,25,27)(H,26,28)/t12-,17-/m0/s1. The van der Waals surface area contributed by atoms with Gasteiger partial charge < -0.3 is 20.0 Å². The molecule has 0 bridgehead atoms. The summed E-state index contributed by atoms with van der Waals surface area (Å²) in [5.74, 6) is -0.385. The van der Waals surface area contributed by atoms with Gasteiger partial charge in [-0.3, -0.25) is 9.59 Å². The summed E-state index contributed by atoms with van der Waals surface area (Å²) >= 11 is 13.5. The Bertz CT molecular complexity index is 1260. The van der Waals surface area contributed by atoms with E-state index < -0.39 is 0 Å². The Hall–Kier alpha value is -2.74. The average molecular weight is 460 g/mol. The zero-order valence-electron chi connectivity index (χ0n) is 15.4. The molecule has 0 spiro atoms. The second-order valence-corrected chi connectivity index (χ2v) is 9.06. The first-order chi connectivity index (χ1) is 14.5. The molecule has 1 aromatic carbocycles. The summed E-state index contributed by atoms with van der Waals surface area (Å²) in [7, 11) is 0. The third-order valence-electron chi connectivity index (χ3n) is 5.20. The maximum atomic E-state index is 12.9. The van der Waals surface area contributed by atoms with Crippen LogP contribution in [0.15, 0.2) is 53.1 Å². The number of furan rings is 1. The number of carbonyl (C=O) groups excluding carboxylic acids is 2. The fraction of sp³-hybridized carbons (Fsp3) is 0.143. The molecule has 0 saturated carbocycles. The highest BCUT2D eigenvalue weighted by Gasteiger charge is 2.35. The molecular formula is C21H15Cl2N3O3S. The number of H-pyrrole nitrogens is 1. The van der Waals surface area contributed by atoms with Crippen LogP contribution in [-0.4, -0.2) is 22.8 Å². The maximum Gasteiger partial charge on any atom is 0.287 e. The predicted molar refractivity (Wildman–Crippen MR) is 117 cm³/mol. The third kappa shape index (κ3) is 3.29. The smallest absolute Gasteiger partial charge is 0.287 e. The molecule has 0 unspecified atom stereocenters. The predicted octanol–water partition coefficient (Wildman–Crippen LogP) is 4.96. The highest BCUT2D eigenvalue weighted by atomic mass is 35.5. The van der Waals surface area contributed by atoms with Crippen LogP contribution in [0.4, 0.5) is 0 Å². The number of aromatic nitrogens is 1. The number of halogens is 2. The summed E-state index contributed by atoms with van der Waals surface area (Å²) in [5.41, 5.74) is 3.09. The van der Waals surface area contributed by atoms with Gasteiger partial charge in [0.1, 0.15) is 10.0 Å². The zero-order chi connectivity index (χ0) is 20.8. The van der Waals surface area contributed by atoms with Crippen LogP contribution in [0.2, 0.25) is 9.36 Å². The van der Waals surface area contributed by atoms with Crippen LogP contribution >= 0.6 is 34.5 Å². The van der Waals surface area contributed by atoms with E-state index in [2.05, 4.69) is 15.6 Å². The van der Waals surface area contributed by atoms with E-state index in [1.54, 1.807) is 18.2 Å². The lowest BCUT2D eigenvalue weighted by atomic mass is 10.1. The van der Waals surface area contributed by atoms with Gasteiger partial charge in [0.2, 0.25) is 0 Å². The number of aromatic amines is 1. The average Bonchev–Trinajstić information content (AvgIpc) is 3.50. The minimum absolute atomic E-state index is 0.223. The van der Waals surface area contributed by atoms with Crippen molar-refractivity contribution in [2.45, 2.75) is 18.5 Å². The van der Waals surface area contributed by atoms with E-state index in [9.17, 15) is 9.59 Å². The van der Waals surface area contributed by atoms with Crippen LogP contribution in [-0.2, 0) is 6.42 Å². The molecule has 6 nitrogen and oxygen atoms in total. The van der Waals surface area contributed by atoms with Crippen molar-refractivity contribution in [2.75, 3.05) is 0 Å². The van der Waals surface area contributed by atoms with Crippen LogP contribution in [0, 0.1) is 0 Å². The summed E-state index contributed by atoms with van der Waals surface area (Å²) in [6, 6.07) is 12.1. The Kier molecular flexibility index (Phi) is 4.81. The zero-order valence-corrected chi connectivity index (χ0v) is 17.7. The van der Waals surface area contributed by atoms with Gasteiger partial charge in [-0.2, -0.15) is 0 Å². The number of fused-ring (bicyclic) bond motifs is 2. The molecule has 2 amide bonds. The Labute approximate surface area is 185 Å². The minimum atomic E-state index is -0.378. The van der Waals surface area contributed by atoms with E-state index in [1.807, 2.05) is 24.3 Å². The first-order valence-electron chi connectivity index (χ1n) is 9.21. The van der Waals surface area contributed by atoms with Crippen molar-refractivity contribution >= 4 is 56.6 Å². The normalized spacial score (nSPS) is 17.8. The Morgan fingerprint density at radius 3 is 2.70 bits per heavy atom. The van der Waals surface area contributed by atoms with Crippen LogP contribution in [0.3, 0.4) is 0 Å². The molecule has 1 aliphatic rings. The van der Waals surface area contributed by atoms with Gasteiger partial charge in [0.25, 0.3) is 11.8 Å². The lowest BCUT2D eigenvalue weighted by Gasteiger charge is -2.22. The van der Waals surface area contributed by atoms with E-state index >= 15 is 0 Å². The van der Waals surface area contributed by atoms with Gasteiger partial charge in [-0.1, -0.05) is 47.5 Å². The van der Waals surface area contributed by atoms with E-state index in [-0.39, 0.29) is 29.7 Å². The molecule has 3 N–H and O–H groups in total. The number of hydrogen-bond donors (Lipinski definition) is 3. The van der Waals surface area contributed by atoms with Crippen LogP contribution in [0.5, 0.6) is 0 Å². The highest BCUT2D eigenvalue weighted by Crippen LogP contribution is 2.39. The van der Waals surface area contributed by atoms with Gasteiger partial charge in [0.05, 0.1) is 33.6 Å². The van der Waals surface area contributed by atoms with E-state index in [0.717, 1.165) is 15.8 Å². The second kappa shape index (κ2) is 7.50. The van der Waals surface area contributed by atoms with Crippen LogP contribution < -0.4 is 10.6 Å². The van der Waals surface area contributed by atoms with Crippen molar-refractivity contribution in [3.05, 3.63) is 80.7 Å². The molecular weight excluding hydrogens is 445 g/mol. The largest absolute Gasteiger partial charge is 0.459 e. The first-order valence-corrected chi connectivity index (χ1v) is 10.8. The molecule has 152 valence electrons. The SMILES string of the molecule is O=C(N[C@H]1Cc2ccccc2[C@@H]1NC(=O)c1ccco1)c1cc2sc(Cl)c(Cl)c2[nH]1. The Morgan fingerprint density at radius 2 is 1.93 bits per heavy atom. The quantitative estimate of drug-likeness (QED) is 0.403. The summed E-state index contributed by atoms with van der Waals surface area (Å²) in [6.45, 7) is 0. The van der Waals surface area contributed by atoms with Gasteiger partial charge in [0.15, 0.2) is 5.76 Å². The van der Waals surface area contributed by atoms with Gasteiger partial charge in [0, 0.05) is 0 Å². The molecule has 3 aromatic heterocycles. The van der Waals surface area contributed by atoms with Gasteiger partial charge in [-0.05, 0) is 35.7 Å². The molecule has 0 fully saturated rings. The van der Waals surface area contributed by atoms with E-state index in [0.29, 0.717) is 27.0 Å². The first kappa shape index (κ1) is 19.2. The van der Waals surface area contributed by atoms with E-state index in [1.165, 1.54) is 17.6 Å². The van der Waals surface area contributed by atoms with Crippen molar-refractivity contribution in [1.82, 2.24) is 15.6 Å². The molecule has 4 aromatic rings. The third-order valence-corrected chi connectivity index (χ3v) is 7.13. The number of carbonyl (C=O) groups is 2. The van der Waals surface area contributed by atoms with Gasteiger partial charge in [-0.15, -0.1) is 11.3 Å². The monoisotopic (exact) mass is 459 g/mol. The number of amides is 2. The highest BCUT2D eigenvalue weighted by molar-refractivity contribution is 7.23. The topological polar surface area (TPSA) is 87.1 Å². The minimum Gasteiger partial charge on any atom is -0.459 e. The van der Waals surface area contributed by atoms with Crippen LogP contribution in [0.25, 0.3) is 10.2 Å². The Balaban J connectivity index is 1.40. The van der Waals surface area contributed by atoms with Crippen LogP contribution in [0.1, 0.15) is 38.2 Å². The second-order valence-electron chi connectivity index (χ2n) is 7.02. The lowest BCUT2D eigenvalue weighted by molar-refractivity contribution is 0.0870. The summed E-state index contributed by atoms with van der Waals surface area (Å²) < 4.78 is 6.49. The Morgan fingerprint density at radius 1 is 1.10 bits per heavy atom. The number of nitrogens with one attached hydrogen (secondary N) is 3. The molecule has 3 heterocycles. The molecule has 30 heavy (non-hydrogen) atoms. The van der Waals surface area contributed by atoms with Crippen molar-refractivity contribution in [2.24, 2.45) is 0 Å². The molecule has 0 aliphatic heterocycles. The van der Waals surface area contributed by atoms with Gasteiger partial charge in [-0.25, -0.2) is 0 Å². The maximum absolute atomic E-state index is 12.9. The van der Waals surface area contributed by atoms with Crippen molar-refractivity contribution in [3.8, 4) is 0 Å². The number of thiophene rings is 1. The van der Waals surface area contributed by atoms with Gasteiger partial charge >= 0.3 is 0 Å². The molecule has 9 heteroatoms. The fourth-order valence-electron chi connectivity index (χ4n) is 3.82. The van der Waals surface area contributed by atoms with Crippen molar-refractivity contribution < 1.29 is 14.0 Å². The van der Waals surface area contributed by atoms with E-state index in [4.69, 9.17) is 27.6 Å². The number of hydrogen-bond acceptors (Lipinski definition) is 4. The molecule has 0 saturated heterocycles.